The molecule has 214 valence electrons. The van der Waals surface area contributed by atoms with Gasteiger partial charge in [0.15, 0.2) is 5.65 Å². The molecule has 0 bridgehead atoms. The number of halogens is 4. The maximum Gasteiger partial charge on any atom is 0.490 e. The average molecular weight is 572 g/mol. The first-order valence-electron chi connectivity index (χ1n) is 12.5. The van der Waals surface area contributed by atoms with Crippen molar-refractivity contribution in [1.29, 1.82) is 0 Å². The van der Waals surface area contributed by atoms with Crippen LogP contribution in [0.25, 0.3) is 11.0 Å². The van der Waals surface area contributed by atoms with Crippen LogP contribution in [0, 0.1) is 6.92 Å². The summed E-state index contributed by atoms with van der Waals surface area (Å²) < 4.78 is 37.7. The summed E-state index contributed by atoms with van der Waals surface area (Å²) in [5, 5.41) is 16.3. The second-order valence-corrected chi connectivity index (χ2v) is 9.71. The molecule has 0 saturated carbocycles. The zero-order valence-electron chi connectivity index (χ0n) is 22.3. The first-order valence-corrected chi connectivity index (χ1v) is 12.9. The minimum atomic E-state index is -5.08. The number of benzene rings is 1. The summed E-state index contributed by atoms with van der Waals surface area (Å²) in [5.41, 5.74) is 4.17. The molecular formula is C25H33ClF3N7O3. The molecule has 2 N–H and O–H groups in total. The van der Waals surface area contributed by atoms with Crippen LogP contribution < -0.4 is 14.5 Å². The topological polar surface area (TPSA) is 111 Å². The van der Waals surface area contributed by atoms with E-state index in [0.717, 1.165) is 73.9 Å². The van der Waals surface area contributed by atoms with E-state index in [1.54, 1.807) is 6.33 Å². The summed E-state index contributed by atoms with van der Waals surface area (Å²) in [4.78, 5) is 24.7. The molecule has 10 nitrogen and oxygen atoms in total. The minimum Gasteiger partial charge on any atom is -0.492 e. The lowest BCUT2D eigenvalue weighted by molar-refractivity contribution is -0.192. The molecule has 1 aromatic carbocycles. The largest absolute Gasteiger partial charge is 0.492 e. The number of H-pyrrole nitrogens is 1. The fourth-order valence-corrected chi connectivity index (χ4v) is 4.42. The van der Waals surface area contributed by atoms with Crippen LogP contribution in [0.4, 0.5) is 24.7 Å². The molecule has 1 saturated heterocycles. The van der Waals surface area contributed by atoms with Gasteiger partial charge in [-0.2, -0.15) is 18.3 Å². The Morgan fingerprint density at radius 1 is 1.18 bits per heavy atom. The van der Waals surface area contributed by atoms with Crippen LogP contribution in [0.1, 0.15) is 24.6 Å². The van der Waals surface area contributed by atoms with Gasteiger partial charge in [0.25, 0.3) is 0 Å². The van der Waals surface area contributed by atoms with Crippen LogP contribution in [0.15, 0.2) is 18.5 Å². The number of nitrogens with zero attached hydrogens (tertiary/aromatic N) is 6. The van der Waals surface area contributed by atoms with Crippen molar-refractivity contribution in [3.63, 3.8) is 0 Å². The number of piperazine rings is 1. The Bertz CT molecular complexity index is 1260. The summed E-state index contributed by atoms with van der Waals surface area (Å²) >= 11 is 6.57. The summed E-state index contributed by atoms with van der Waals surface area (Å²) in [7, 11) is 4.13. The van der Waals surface area contributed by atoms with Crippen LogP contribution in [-0.2, 0) is 11.2 Å². The van der Waals surface area contributed by atoms with Crippen LogP contribution in [0.2, 0.25) is 5.02 Å². The van der Waals surface area contributed by atoms with Crippen molar-refractivity contribution >= 4 is 40.1 Å². The number of nitrogens with one attached hydrogen (secondary N) is 1. The normalized spacial score (nSPS) is 14.0. The number of carbonyl (C=O) groups is 1. The Kier molecular flexibility index (Phi) is 10.2. The molecule has 0 atom stereocenters. The predicted molar refractivity (Wildman–Crippen MR) is 144 cm³/mol. The van der Waals surface area contributed by atoms with Crippen LogP contribution in [-0.4, -0.2) is 95.7 Å². The second kappa shape index (κ2) is 13.2. The number of ether oxygens (including phenoxy) is 1. The van der Waals surface area contributed by atoms with Gasteiger partial charge in [-0.15, -0.1) is 0 Å². The van der Waals surface area contributed by atoms with Gasteiger partial charge in [-0.3, -0.25) is 5.10 Å². The number of aliphatic carboxylic acids is 1. The molecule has 0 unspecified atom stereocenters. The number of alkyl halides is 3. The number of anilines is 2. The Morgan fingerprint density at radius 3 is 2.41 bits per heavy atom. The maximum atomic E-state index is 10.6. The van der Waals surface area contributed by atoms with Crippen LogP contribution in [0.5, 0.6) is 5.75 Å². The monoisotopic (exact) mass is 571 g/mol. The Morgan fingerprint density at radius 2 is 1.82 bits per heavy atom. The molecule has 0 spiro atoms. The fourth-order valence-electron chi connectivity index (χ4n) is 4.21. The molecule has 0 radical (unpaired) electrons. The highest BCUT2D eigenvalue weighted by atomic mass is 35.5. The lowest BCUT2D eigenvalue weighted by Gasteiger charge is -2.37. The zero-order chi connectivity index (χ0) is 28.7. The molecule has 1 aliphatic rings. The Hall–Kier alpha value is -3.32. The average Bonchev–Trinajstić information content (AvgIpc) is 3.31. The number of rotatable bonds is 8. The van der Waals surface area contributed by atoms with E-state index in [2.05, 4.69) is 68.9 Å². The van der Waals surface area contributed by atoms with Gasteiger partial charge in [0, 0.05) is 44.1 Å². The molecule has 3 aromatic rings. The van der Waals surface area contributed by atoms with E-state index < -0.39 is 12.1 Å². The van der Waals surface area contributed by atoms with Crippen molar-refractivity contribution in [3.05, 3.63) is 34.7 Å². The number of aromatic nitrogens is 4. The lowest BCUT2D eigenvalue weighted by atomic mass is 10.1. The Labute approximate surface area is 229 Å². The van der Waals surface area contributed by atoms with Gasteiger partial charge in [-0.1, -0.05) is 18.5 Å². The molecule has 2 aromatic heterocycles. The highest BCUT2D eigenvalue weighted by Crippen LogP contribution is 2.34. The fraction of sp³-hybridized carbons (Fsp3) is 0.520. The predicted octanol–water partition coefficient (Wildman–Crippen LogP) is 4.17. The third-order valence-electron chi connectivity index (χ3n) is 6.18. The smallest absolute Gasteiger partial charge is 0.490 e. The molecule has 1 aliphatic heterocycles. The highest BCUT2D eigenvalue weighted by molar-refractivity contribution is 6.32. The maximum absolute atomic E-state index is 10.6. The highest BCUT2D eigenvalue weighted by Gasteiger charge is 2.38. The van der Waals surface area contributed by atoms with Gasteiger partial charge in [0.2, 0.25) is 0 Å². The molecule has 1 fully saturated rings. The molecular weight excluding hydrogens is 539 g/mol. The van der Waals surface area contributed by atoms with E-state index in [0.29, 0.717) is 11.6 Å². The van der Waals surface area contributed by atoms with Gasteiger partial charge in [-0.25, -0.2) is 14.8 Å². The van der Waals surface area contributed by atoms with Crippen molar-refractivity contribution in [3.8, 4) is 5.75 Å². The molecule has 39 heavy (non-hydrogen) atoms. The van der Waals surface area contributed by atoms with Gasteiger partial charge in [-0.05, 0) is 51.6 Å². The Balaban J connectivity index is 0.000000532. The van der Waals surface area contributed by atoms with E-state index in [4.69, 9.17) is 26.2 Å². The van der Waals surface area contributed by atoms with Gasteiger partial charge < -0.3 is 24.5 Å². The van der Waals surface area contributed by atoms with Gasteiger partial charge >= 0.3 is 12.1 Å². The zero-order valence-corrected chi connectivity index (χ0v) is 23.1. The van der Waals surface area contributed by atoms with E-state index >= 15 is 0 Å². The molecule has 14 heteroatoms. The van der Waals surface area contributed by atoms with Crippen molar-refractivity contribution in [2.24, 2.45) is 0 Å². The lowest BCUT2D eigenvalue weighted by Crippen LogP contribution is -2.47. The number of aryl methyl sites for hydroxylation is 2. The first kappa shape index (κ1) is 30.2. The number of hydrogen-bond donors (Lipinski definition) is 2. The number of carboxylic acids is 1. The summed E-state index contributed by atoms with van der Waals surface area (Å²) in [6.45, 7) is 9.44. The number of fused-ring (bicyclic) bond motifs is 1. The molecule has 4 rings (SSSR count). The van der Waals surface area contributed by atoms with Crippen molar-refractivity contribution in [2.45, 2.75) is 32.9 Å². The van der Waals surface area contributed by atoms with Crippen LogP contribution in [0.3, 0.4) is 0 Å². The standard InChI is InChI=1S/C23H32ClN7O.C2HF3O2/c1-5-18-21-22(28-27-18)25-15-26-23(21)31-10-8-30(9-11-31)19-14-17(24)20(13-16(19)2)32-12-6-7-29(3)4;3-2(4,5)1(6)7/h13-15H,5-12H2,1-4H3,(H,25,26,27,28);(H,6,7). The summed E-state index contributed by atoms with van der Waals surface area (Å²) in [6, 6.07) is 4.11. The van der Waals surface area contributed by atoms with Crippen molar-refractivity contribution < 1.29 is 27.8 Å². The van der Waals surface area contributed by atoms with Gasteiger partial charge in [0.05, 0.1) is 17.0 Å². The van der Waals surface area contributed by atoms with E-state index in [-0.39, 0.29) is 0 Å². The van der Waals surface area contributed by atoms with Crippen molar-refractivity contribution in [2.75, 3.05) is 63.2 Å². The molecule has 3 heterocycles. The third kappa shape index (κ3) is 7.85. The molecule has 0 aliphatic carbocycles. The minimum absolute atomic E-state index is 0.663. The van der Waals surface area contributed by atoms with E-state index in [1.165, 1.54) is 11.3 Å². The van der Waals surface area contributed by atoms with E-state index in [9.17, 15) is 13.2 Å². The number of hydrogen-bond acceptors (Lipinski definition) is 8. The summed E-state index contributed by atoms with van der Waals surface area (Å²) in [5.74, 6) is -1.02. The van der Waals surface area contributed by atoms with Gasteiger partial charge in [0.1, 0.15) is 17.9 Å². The molecule has 0 amide bonds. The van der Waals surface area contributed by atoms with Crippen molar-refractivity contribution in [1.82, 2.24) is 25.1 Å². The quantitative estimate of drug-likeness (QED) is 0.385. The number of carboxylic acid groups (broad SMARTS) is 1. The number of aromatic amines is 1. The van der Waals surface area contributed by atoms with Crippen LogP contribution >= 0.6 is 11.6 Å². The van der Waals surface area contributed by atoms with E-state index in [1.807, 2.05) is 6.07 Å². The first-order chi connectivity index (χ1) is 18.4. The summed E-state index contributed by atoms with van der Waals surface area (Å²) in [6.07, 6.45) is -1.64. The second-order valence-electron chi connectivity index (χ2n) is 9.30. The SMILES string of the molecule is CCc1[nH]nc2ncnc(N3CCN(c4cc(Cl)c(OCCCN(C)C)cc4C)CC3)c12.O=C(O)C(F)(F)F. The third-order valence-corrected chi connectivity index (χ3v) is 6.47.